The van der Waals surface area contributed by atoms with Crippen LogP contribution in [0.15, 0.2) is 46.7 Å². The maximum absolute atomic E-state index is 13.0. The molecule has 0 N–H and O–H groups in total. The lowest BCUT2D eigenvalue weighted by Gasteiger charge is -2.34. The second-order valence-electron chi connectivity index (χ2n) is 6.85. The summed E-state index contributed by atoms with van der Waals surface area (Å²) in [5, 5.41) is 1.96. The summed E-state index contributed by atoms with van der Waals surface area (Å²) in [7, 11) is -1.96. The molecule has 0 saturated carbocycles. The van der Waals surface area contributed by atoms with Crippen LogP contribution in [-0.4, -0.2) is 55.9 Å². The van der Waals surface area contributed by atoms with E-state index >= 15 is 0 Å². The molecule has 1 saturated heterocycles. The van der Waals surface area contributed by atoms with E-state index in [1.165, 1.54) is 16.4 Å². The molecule has 1 aromatic carbocycles. The Bertz CT molecular complexity index is 886. The number of hydrogen-bond acceptors (Lipinski definition) is 5. The van der Waals surface area contributed by atoms with E-state index in [9.17, 15) is 13.2 Å². The van der Waals surface area contributed by atoms with Gasteiger partial charge in [0.2, 0.25) is 10.0 Å². The van der Waals surface area contributed by atoms with Gasteiger partial charge in [0.15, 0.2) is 0 Å². The number of amides is 1. The second kappa shape index (κ2) is 8.10. The van der Waals surface area contributed by atoms with Crippen LogP contribution in [0, 0.1) is 0 Å². The minimum atomic E-state index is -3.67. The highest BCUT2D eigenvalue weighted by Crippen LogP contribution is 2.22. The smallest absolute Gasteiger partial charge is 0.253 e. The van der Waals surface area contributed by atoms with Crippen LogP contribution in [0.1, 0.15) is 29.1 Å². The lowest BCUT2D eigenvalue weighted by Crippen LogP contribution is -2.48. The van der Waals surface area contributed by atoms with E-state index < -0.39 is 10.0 Å². The Morgan fingerprint density at radius 1 is 1.22 bits per heavy atom. The summed E-state index contributed by atoms with van der Waals surface area (Å²) in [6, 6.07) is 10.2. The first kappa shape index (κ1) is 20.0. The zero-order chi connectivity index (χ0) is 19.6. The lowest BCUT2D eigenvalue weighted by molar-refractivity contribution is -0.0440. The number of rotatable bonds is 5. The number of carbonyl (C=O) groups is 1. The Morgan fingerprint density at radius 2 is 1.93 bits per heavy atom. The summed E-state index contributed by atoms with van der Waals surface area (Å²) < 4.78 is 33.1. The quantitative estimate of drug-likeness (QED) is 0.763. The fourth-order valence-electron chi connectivity index (χ4n) is 3.19. The SMILES string of the molecule is CC1CN(S(=O)(=O)c2cccc(C(=O)N(C)Cc3cccs3)c2)CC(C)O1. The van der Waals surface area contributed by atoms with E-state index in [2.05, 4.69) is 0 Å². The molecule has 0 radical (unpaired) electrons. The van der Waals surface area contributed by atoms with Gasteiger partial charge in [-0.05, 0) is 43.5 Å². The van der Waals surface area contributed by atoms with Crippen LogP contribution >= 0.6 is 11.3 Å². The molecule has 2 atom stereocenters. The molecule has 2 aromatic rings. The van der Waals surface area contributed by atoms with Crippen molar-refractivity contribution in [1.29, 1.82) is 0 Å². The average molecular weight is 409 g/mol. The predicted octanol–water partition coefficient (Wildman–Crippen LogP) is 2.82. The largest absolute Gasteiger partial charge is 0.373 e. The van der Waals surface area contributed by atoms with Crippen molar-refractivity contribution in [1.82, 2.24) is 9.21 Å². The maximum Gasteiger partial charge on any atom is 0.253 e. The highest BCUT2D eigenvalue weighted by molar-refractivity contribution is 7.89. The molecule has 6 nitrogen and oxygen atoms in total. The van der Waals surface area contributed by atoms with Crippen LogP contribution < -0.4 is 0 Å². The normalized spacial score (nSPS) is 21.1. The van der Waals surface area contributed by atoms with Gasteiger partial charge in [0, 0.05) is 30.6 Å². The molecule has 3 rings (SSSR count). The van der Waals surface area contributed by atoms with Gasteiger partial charge in [-0.3, -0.25) is 4.79 Å². The van der Waals surface area contributed by atoms with Gasteiger partial charge in [0.1, 0.15) is 0 Å². The van der Waals surface area contributed by atoms with Crippen molar-refractivity contribution in [3.63, 3.8) is 0 Å². The first-order valence-corrected chi connectivity index (χ1v) is 11.1. The predicted molar refractivity (Wildman–Crippen MR) is 105 cm³/mol. The maximum atomic E-state index is 13.0. The minimum absolute atomic E-state index is 0.138. The molecular formula is C19H24N2O4S2. The molecule has 1 fully saturated rings. The van der Waals surface area contributed by atoms with Crippen molar-refractivity contribution in [2.75, 3.05) is 20.1 Å². The molecule has 1 aliphatic rings. The summed E-state index contributed by atoms with van der Waals surface area (Å²) in [6.45, 7) is 4.83. The summed E-state index contributed by atoms with van der Waals surface area (Å²) in [6.07, 6.45) is -0.324. The molecule has 8 heteroatoms. The molecule has 146 valence electrons. The number of ether oxygens (including phenoxy) is 1. The number of benzene rings is 1. The Balaban J connectivity index is 1.81. The molecule has 0 bridgehead atoms. The van der Waals surface area contributed by atoms with Crippen molar-refractivity contribution in [3.05, 3.63) is 52.2 Å². The lowest BCUT2D eigenvalue weighted by atomic mass is 10.2. The molecule has 1 aliphatic heterocycles. The van der Waals surface area contributed by atoms with Crippen molar-refractivity contribution in [2.45, 2.75) is 37.5 Å². The number of morpholine rings is 1. The standard InChI is InChI=1S/C19H24N2O4S2/c1-14-11-21(12-15(2)25-14)27(23,24)18-8-4-6-16(10-18)19(22)20(3)13-17-7-5-9-26-17/h4-10,14-15H,11-13H2,1-3H3. The molecule has 1 amide bonds. The van der Waals surface area contributed by atoms with E-state index in [0.29, 0.717) is 25.2 Å². The fraction of sp³-hybridized carbons (Fsp3) is 0.421. The van der Waals surface area contributed by atoms with Gasteiger partial charge >= 0.3 is 0 Å². The third-order valence-corrected chi connectivity index (χ3v) is 7.11. The van der Waals surface area contributed by atoms with Crippen molar-refractivity contribution >= 4 is 27.3 Å². The Labute approximate surface area is 164 Å². The monoisotopic (exact) mass is 408 g/mol. The Kier molecular flexibility index (Phi) is 6.00. The number of nitrogens with zero attached hydrogens (tertiary/aromatic N) is 2. The van der Waals surface area contributed by atoms with Crippen LogP contribution in [0.4, 0.5) is 0 Å². The number of carbonyl (C=O) groups excluding carboxylic acids is 1. The number of hydrogen-bond donors (Lipinski definition) is 0. The third-order valence-electron chi connectivity index (χ3n) is 4.42. The van der Waals surface area contributed by atoms with Crippen molar-refractivity contribution < 1.29 is 17.9 Å². The second-order valence-corrected chi connectivity index (χ2v) is 9.82. The first-order valence-electron chi connectivity index (χ1n) is 8.81. The molecule has 27 heavy (non-hydrogen) atoms. The third kappa shape index (κ3) is 4.57. The molecule has 2 unspecified atom stereocenters. The highest BCUT2D eigenvalue weighted by atomic mass is 32.2. The van der Waals surface area contributed by atoms with Crippen molar-refractivity contribution in [2.24, 2.45) is 0 Å². The van der Waals surface area contributed by atoms with Crippen LogP contribution in [-0.2, 0) is 21.3 Å². The zero-order valence-corrected chi connectivity index (χ0v) is 17.3. The van der Waals surface area contributed by atoms with E-state index in [0.717, 1.165) is 4.88 Å². The van der Waals surface area contributed by atoms with Gasteiger partial charge in [0.25, 0.3) is 5.91 Å². The molecule has 1 aromatic heterocycles. The fourth-order valence-corrected chi connectivity index (χ4v) is 5.59. The van der Waals surface area contributed by atoms with Crippen LogP contribution in [0.25, 0.3) is 0 Å². The summed E-state index contributed by atoms with van der Waals surface area (Å²) in [4.78, 5) is 15.5. The van der Waals surface area contributed by atoms with E-state index in [1.54, 1.807) is 35.4 Å². The average Bonchev–Trinajstić information content (AvgIpc) is 3.13. The van der Waals surface area contributed by atoms with Crippen LogP contribution in [0.5, 0.6) is 0 Å². The van der Waals surface area contributed by atoms with Crippen molar-refractivity contribution in [3.8, 4) is 0 Å². The van der Waals surface area contributed by atoms with E-state index in [1.807, 2.05) is 31.4 Å². The van der Waals surface area contributed by atoms with Gasteiger partial charge in [-0.2, -0.15) is 4.31 Å². The minimum Gasteiger partial charge on any atom is -0.373 e. The summed E-state index contributed by atoms with van der Waals surface area (Å²) in [5.74, 6) is -0.204. The van der Waals surface area contributed by atoms with Gasteiger partial charge in [-0.1, -0.05) is 12.1 Å². The Morgan fingerprint density at radius 3 is 2.56 bits per heavy atom. The van der Waals surface area contributed by atoms with Crippen LogP contribution in [0.3, 0.4) is 0 Å². The Hall–Kier alpha value is -1.74. The molecular weight excluding hydrogens is 384 g/mol. The summed E-state index contributed by atoms with van der Waals surface area (Å²) in [5.41, 5.74) is 0.365. The van der Waals surface area contributed by atoms with E-state index in [4.69, 9.17) is 4.74 Å². The van der Waals surface area contributed by atoms with Gasteiger partial charge in [0.05, 0.1) is 23.6 Å². The zero-order valence-electron chi connectivity index (χ0n) is 15.7. The van der Waals surface area contributed by atoms with Crippen LogP contribution in [0.2, 0.25) is 0 Å². The van der Waals surface area contributed by atoms with Gasteiger partial charge < -0.3 is 9.64 Å². The summed E-state index contributed by atoms with van der Waals surface area (Å²) >= 11 is 1.58. The molecule has 0 spiro atoms. The molecule has 2 heterocycles. The molecule has 0 aliphatic carbocycles. The highest BCUT2D eigenvalue weighted by Gasteiger charge is 2.32. The number of thiophene rings is 1. The first-order chi connectivity index (χ1) is 12.8. The van der Waals surface area contributed by atoms with Gasteiger partial charge in [-0.15, -0.1) is 11.3 Å². The number of sulfonamides is 1. The van der Waals surface area contributed by atoms with E-state index in [-0.39, 0.29) is 23.0 Å². The van der Waals surface area contributed by atoms with Gasteiger partial charge in [-0.25, -0.2) is 8.42 Å². The topological polar surface area (TPSA) is 66.9 Å².